The lowest BCUT2D eigenvalue weighted by atomic mass is 10.1. The lowest BCUT2D eigenvalue weighted by Crippen LogP contribution is -2.30. The van der Waals surface area contributed by atoms with E-state index in [1.165, 1.54) is 24.8 Å². The van der Waals surface area contributed by atoms with Crippen molar-refractivity contribution < 1.29 is 24.0 Å². The van der Waals surface area contributed by atoms with E-state index >= 15 is 0 Å². The van der Waals surface area contributed by atoms with Gasteiger partial charge in [0.05, 0.1) is 11.1 Å². The minimum atomic E-state index is -0.355. The fraction of sp³-hybridized carbons (Fsp3) is 0.560. The maximum Gasteiger partial charge on any atom is 0.261 e. The third kappa shape index (κ3) is 8.61. The van der Waals surface area contributed by atoms with Gasteiger partial charge in [-0.05, 0) is 43.9 Å². The molecule has 2 rings (SSSR count). The van der Waals surface area contributed by atoms with Gasteiger partial charge in [-0.15, -0.1) is 0 Å². The number of amides is 5. The lowest BCUT2D eigenvalue weighted by molar-refractivity contribution is -0.119. The molecule has 1 aliphatic heterocycles. The van der Waals surface area contributed by atoms with Gasteiger partial charge < -0.3 is 16.0 Å². The maximum atomic E-state index is 12.8. The Bertz CT molecular complexity index is 899. The summed E-state index contributed by atoms with van der Waals surface area (Å²) in [5.74, 6) is -1.01. The van der Waals surface area contributed by atoms with E-state index in [9.17, 15) is 24.0 Å². The fourth-order valence-corrected chi connectivity index (χ4v) is 3.82. The Morgan fingerprint density at radius 3 is 1.74 bits per heavy atom. The topological polar surface area (TPSA) is 125 Å². The predicted octanol–water partition coefficient (Wildman–Crippen LogP) is 2.41. The molecule has 1 heterocycles. The molecular weight excluding hydrogens is 436 g/mol. The summed E-state index contributed by atoms with van der Waals surface area (Å²) in [6, 6.07) is 4.64. The van der Waals surface area contributed by atoms with Crippen LogP contribution in [0.4, 0.5) is 0 Å². The van der Waals surface area contributed by atoms with Gasteiger partial charge in [0.15, 0.2) is 0 Å². The van der Waals surface area contributed by atoms with Gasteiger partial charge in [-0.3, -0.25) is 28.9 Å². The summed E-state index contributed by atoms with van der Waals surface area (Å²) in [6.07, 6.45) is 6.96. The van der Waals surface area contributed by atoms with Gasteiger partial charge in [0.2, 0.25) is 11.8 Å². The second kappa shape index (κ2) is 14.1. The fourth-order valence-electron chi connectivity index (χ4n) is 3.82. The van der Waals surface area contributed by atoms with Crippen LogP contribution in [0.25, 0.3) is 0 Å². The van der Waals surface area contributed by atoms with E-state index in [4.69, 9.17) is 0 Å². The normalized spacial score (nSPS) is 12.5. The first kappa shape index (κ1) is 27.0. The molecule has 0 atom stereocenters. The van der Waals surface area contributed by atoms with Crippen LogP contribution in [-0.4, -0.2) is 60.6 Å². The molecule has 0 aromatic heterocycles. The zero-order valence-electron chi connectivity index (χ0n) is 20.2. The van der Waals surface area contributed by atoms with Crippen molar-refractivity contribution >= 4 is 29.5 Å². The molecule has 0 unspecified atom stereocenters. The average molecular weight is 473 g/mol. The van der Waals surface area contributed by atoms with Gasteiger partial charge in [0, 0.05) is 45.6 Å². The average Bonchev–Trinajstić information content (AvgIpc) is 3.03. The van der Waals surface area contributed by atoms with Crippen LogP contribution in [0.1, 0.15) is 96.3 Å². The molecule has 9 nitrogen and oxygen atoms in total. The summed E-state index contributed by atoms with van der Waals surface area (Å²) in [6.45, 7) is 5.14. The third-order valence-electron chi connectivity index (χ3n) is 5.68. The number of carbonyl (C=O) groups excluding carboxylic acids is 5. The summed E-state index contributed by atoms with van der Waals surface area (Å²) in [4.78, 5) is 60.8. The number of nitrogens with one attached hydrogen (secondary N) is 3. The molecule has 0 saturated carbocycles. The first-order chi connectivity index (χ1) is 16.3. The van der Waals surface area contributed by atoms with Gasteiger partial charge >= 0.3 is 0 Å². The van der Waals surface area contributed by atoms with E-state index in [0.29, 0.717) is 43.7 Å². The van der Waals surface area contributed by atoms with Crippen LogP contribution in [0.5, 0.6) is 0 Å². The number of imide groups is 1. The van der Waals surface area contributed by atoms with E-state index in [0.717, 1.165) is 44.9 Å². The number of unbranched alkanes of at least 4 members (excludes halogenated alkanes) is 6. The molecule has 1 aromatic carbocycles. The summed E-state index contributed by atoms with van der Waals surface area (Å²) >= 11 is 0. The van der Waals surface area contributed by atoms with Gasteiger partial charge in [0.25, 0.3) is 17.7 Å². The predicted molar refractivity (Wildman–Crippen MR) is 128 cm³/mol. The maximum absolute atomic E-state index is 12.8. The van der Waals surface area contributed by atoms with Crippen molar-refractivity contribution in [1.82, 2.24) is 20.9 Å². The number of nitrogens with zero attached hydrogens (tertiary/aromatic N) is 1. The molecule has 0 saturated heterocycles. The van der Waals surface area contributed by atoms with Gasteiger partial charge in [-0.2, -0.15) is 0 Å². The summed E-state index contributed by atoms with van der Waals surface area (Å²) in [7, 11) is 0. The molecule has 9 heteroatoms. The van der Waals surface area contributed by atoms with Crippen LogP contribution in [0.2, 0.25) is 0 Å². The van der Waals surface area contributed by atoms with Crippen LogP contribution in [-0.2, 0) is 9.59 Å². The first-order valence-corrected chi connectivity index (χ1v) is 12.1. The first-order valence-electron chi connectivity index (χ1n) is 12.1. The van der Waals surface area contributed by atoms with E-state index in [-0.39, 0.29) is 35.1 Å². The molecule has 0 bridgehead atoms. The van der Waals surface area contributed by atoms with E-state index in [2.05, 4.69) is 16.0 Å². The largest absolute Gasteiger partial charge is 0.356 e. The van der Waals surface area contributed by atoms with Crippen LogP contribution in [0.15, 0.2) is 18.2 Å². The Morgan fingerprint density at radius 1 is 0.676 bits per heavy atom. The lowest BCUT2D eigenvalue weighted by Gasteiger charge is -2.13. The molecule has 34 heavy (non-hydrogen) atoms. The van der Waals surface area contributed by atoms with Crippen molar-refractivity contribution in [2.75, 3.05) is 26.2 Å². The number of hydrogen-bond donors (Lipinski definition) is 3. The zero-order chi connectivity index (χ0) is 24.9. The highest BCUT2D eigenvalue weighted by Crippen LogP contribution is 2.24. The SMILES string of the molecule is CC(=O)NCCCCCCNC(=O)c1ccc2c(c1)C(=O)N(CCCCCCNC(C)=O)C2=O. The highest BCUT2D eigenvalue weighted by atomic mass is 16.2. The van der Waals surface area contributed by atoms with Crippen molar-refractivity contribution in [3.05, 3.63) is 34.9 Å². The smallest absolute Gasteiger partial charge is 0.261 e. The summed E-state index contributed by atoms with van der Waals surface area (Å²) in [5, 5.41) is 8.36. The molecule has 186 valence electrons. The third-order valence-corrected chi connectivity index (χ3v) is 5.68. The van der Waals surface area contributed by atoms with E-state index in [1.54, 1.807) is 12.1 Å². The molecule has 0 aliphatic carbocycles. The van der Waals surface area contributed by atoms with Crippen molar-refractivity contribution in [1.29, 1.82) is 0 Å². The Hall–Kier alpha value is -3.23. The van der Waals surface area contributed by atoms with Crippen molar-refractivity contribution in [2.24, 2.45) is 0 Å². The standard InChI is InChI=1S/C25H36N4O5/c1-18(30)26-13-7-3-4-9-15-28-23(32)20-11-12-21-22(17-20)25(34)29(24(21)33)16-10-6-5-8-14-27-19(2)31/h11-12,17H,3-10,13-16H2,1-2H3,(H,26,30)(H,27,31)(H,28,32). The minimum Gasteiger partial charge on any atom is -0.356 e. The highest BCUT2D eigenvalue weighted by Gasteiger charge is 2.35. The van der Waals surface area contributed by atoms with E-state index < -0.39 is 0 Å². The highest BCUT2D eigenvalue weighted by molar-refractivity contribution is 6.22. The summed E-state index contributed by atoms with van der Waals surface area (Å²) < 4.78 is 0. The van der Waals surface area contributed by atoms with Crippen molar-refractivity contribution in [3.63, 3.8) is 0 Å². The number of rotatable bonds is 15. The van der Waals surface area contributed by atoms with Crippen LogP contribution in [0.3, 0.4) is 0 Å². The second-order valence-corrected chi connectivity index (χ2v) is 8.57. The van der Waals surface area contributed by atoms with Crippen LogP contribution < -0.4 is 16.0 Å². The Labute approximate surface area is 201 Å². The number of carbonyl (C=O) groups is 5. The molecule has 0 radical (unpaired) electrons. The van der Waals surface area contributed by atoms with Crippen LogP contribution >= 0.6 is 0 Å². The Balaban J connectivity index is 1.73. The molecular formula is C25H36N4O5. The molecule has 3 N–H and O–H groups in total. The minimum absolute atomic E-state index is 0.0276. The van der Waals surface area contributed by atoms with Crippen molar-refractivity contribution in [3.8, 4) is 0 Å². The molecule has 0 fully saturated rings. The van der Waals surface area contributed by atoms with Gasteiger partial charge in [-0.1, -0.05) is 25.7 Å². The monoisotopic (exact) mass is 472 g/mol. The zero-order valence-corrected chi connectivity index (χ0v) is 20.2. The molecule has 0 spiro atoms. The van der Waals surface area contributed by atoms with E-state index in [1.807, 2.05) is 0 Å². The summed E-state index contributed by atoms with van der Waals surface area (Å²) in [5.41, 5.74) is 0.984. The second-order valence-electron chi connectivity index (χ2n) is 8.57. The molecule has 1 aliphatic rings. The molecule has 5 amide bonds. The number of hydrogen-bond acceptors (Lipinski definition) is 5. The van der Waals surface area contributed by atoms with Gasteiger partial charge in [-0.25, -0.2) is 0 Å². The quantitative estimate of drug-likeness (QED) is 0.267. The Kier molecular flexibility index (Phi) is 11.2. The number of fused-ring (bicyclic) bond motifs is 1. The Morgan fingerprint density at radius 2 is 1.18 bits per heavy atom. The number of benzene rings is 1. The van der Waals surface area contributed by atoms with Crippen LogP contribution in [0, 0.1) is 0 Å². The van der Waals surface area contributed by atoms with Crippen molar-refractivity contribution in [2.45, 2.75) is 65.2 Å². The van der Waals surface area contributed by atoms with Gasteiger partial charge in [0.1, 0.15) is 0 Å². The molecule has 1 aromatic rings.